The van der Waals surface area contributed by atoms with E-state index in [1.807, 2.05) is 0 Å². The van der Waals surface area contributed by atoms with Crippen molar-refractivity contribution in [1.82, 2.24) is 4.31 Å². The average molecular weight is 339 g/mol. The van der Waals surface area contributed by atoms with Gasteiger partial charge >= 0.3 is 6.36 Å². The Labute approximate surface area is 126 Å². The summed E-state index contributed by atoms with van der Waals surface area (Å²) in [6, 6.07) is 3.99. The van der Waals surface area contributed by atoms with Crippen LogP contribution in [0.5, 0.6) is 5.75 Å². The van der Waals surface area contributed by atoms with Crippen LogP contribution in [0.25, 0.3) is 0 Å². The molecule has 0 aromatic heterocycles. The quantitative estimate of drug-likeness (QED) is 0.912. The van der Waals surface area contributed by atoms with Crippen LogP contribution < -0.4 is 4.74 Å². The van der Waals surface area contributed by atoms with Gasteiger partial charge in [0.25, 0.3) is 0 Å². The average Bonchev–Trinajstić information content (AvgIpc) is 2.46. The topological polar surface area (TPSA) is 66.8 Å². The van der Waals surface area contributed by atoms with Crippen molar-refractivity contribution in [1.29, 1.82) is 0 Å². The largest absolute Gasteiger partial charge is 0.573 e. The Bertz CT molecular complexity index is 618. The predicted molar refractivity (Wildman–Crippen MR) is 71.7 cm³/mol. The van der Waals surface area contributed by atoms with Crippen molar-refractivity contribution in [3.8, 4) is 5.75 Å². The number of aliphatic hydroxyl groups is 1. The molecule has 1 fully saturated rings. The molecular formula is C13H16F3NO4S. The fourth-order valence-corrected chi connectivity index (χ4v) is 4.27. The minimum atomic E-state index is -4.98. The van der Waals surface area contributed by atoms with Crippen molar-refractivity contribution in [3.63, 3.8) is 0 Å². The number of alkyl halides is 3. The zero-order chi connectivity index (χ0) is 16.4. The van der Waals surface area contributed by atoms with Crippen LogP contribution in [0.15, 0.2) is 29.2 Å². The Morgan fingerprint density at radius 2 is 1.95 bits per heavy atom. The van der Waals surface area contributed by atoms with Crippen molar-refractivity contribution in [2.75, 3.05) is 13.2 Å². The zero-order valence-corrected chi connectivity index (χ0v) is 12.4. The minimum Gasteiger partial charge on any atom is -0.404 e. The molecule has 1 saturated heterocycles. The maximum absolute atomic E-state index is 12.6. The van der Waals surface area contributed by atoms with Gasteiger partial charge in [0.15, 0.2) is 0 Å². The molecule has 2 rings (SSSR count). The van der Waals surface area contributed by atoms with Gasteiger partial charge in [-0.3, -0.25) is 0 Å². The lowest BCUT2D eigenvalue weighted by Gasteiger charge is -2.33. The molecule has 0 amide bonds. The molecule has 124 valence electrons. The van der Waals surface area contributed by atoms with E-state index < -0.39 is 33.1 Å². The number of piperidine rings is 1. The number of aliphatic hydroxyl groups excluding tert-OH is 1. The maximum Gasteiger partial charge on any atom is 0.573 e. The molecule has 1 atom stereocenters. The molecule has 0 radical (unpaired) electrons. The third kappa shape index (κ3) is 3.71. The monoisotopic (exact) mass is 339 g/mol. The van der Waals surface area contributed by atoms with Gasteiger partial charge in [-0.25, -0.2) is 8.42 Å². The smallest absolute Gasteiger partial charge is 0.404 e. The Morgan fingerprint density at radius 1 is 1.27 bits per heavy atom. The van der Waals surface area contributed by atoms with Gasteiger partial charge in [-0.05, 0) is 25.0 Å². The standard InChI is InChI=1S/C13H16F3NO4S/c14-13(15,16)21-11-6-1-2-7-12(11)22(19,20)17-8-4-3-5-10(17)9-18/h1-2,6-7,10,18H,3-5,8-9H2. The van der Waals surface area contributed by atoms with Crippen LogP contribution in [0.2, 0.25) is 0 Å². The number of benzene rings is 1. The number of ether oxygens (including phenoxy) is 1. The van der Waals surface area contributed by atoms with Crippen LogP contribution in [0.4, 0.5) is 13.2 Å². The maximum atomic E-state index is 12.6. The van der Waals surface area contributed by atoms with Gasteiger partial charge in [-0.15, -0.1) is 13.2 Å². The van der Waals surface area contributed by atoms with E-state index in [0.717, 1.165) is 22.9 Å². The van der Waals surface area contributed by atoms with Gasteiger partial charge in [0.05, 0.1) is 6.61 Å². The first-order valence-corrected chi connectivity index (χ1v) is 8.17. The van der Waals surface area contributed by atoms with E-state index >= 15 is 0 Å². The molecule has 1 aliphatic heterocycles. The normalized spacial score (nSPS) is 20.8. The number of sulfonamides is 1. The molecule has 1 aliphatic rings. The van der Waals surface area contributed by atoms with E-state index in [4.69, 9.17) is 0 Å². The number of hydrogen-bond donors (Lipinski definition) is 1. The summed E-state index contributed by atoms with van der Waals surface area (Å²) in [5.74, 6) is -0.766. The molecule has 1 aromatic rings. The molecule has 1 unspecified atom stereocenters. The molecule has 9 heteroatoms. The lowest BCUT2D eigenvalue weighted by Crippen LogP contribution is -2.45. The van der Waals surface area contributed by atoms with Gasteiger partial charge in [-0.2, -0.15) is 4.31 Å². The van der Waals surface area contributed by atoms with Crippen LogP contribution in [0.1, 0.15) is 19.3 Å². The lowest BCUT2D eigenvalue weighted by molar-refractivity contribution is -0.275. The molecule has 0 bridgehead atoms. The highest BCUT2D eigenvalue weighted by Gasteiger charge is 2.38. The minimum absolute atomic E-state index is 0.161. The van der Waals surface area contributed by atoms with E-state index in [2.05, 4.69) is 4.74 Å². The number of para-hydroxylation sites is 1. The second-order valence-corrected chi connectivity index (χ2v) is 6.80. The summed E-state index contributed by atoms with van der Waals surface area (Å²) in [5, 5.41) is 9.31. The highest BCUT2D eigenvalue weighted by Crippen LogP contribution is 2.33. The molecule has 22 heavy (non-hydrogen) atoms. The molecule has 0 aliphatic carbocycles. The summed E-state index contributed by atoms with van der Waals surface area (Å²) >= 11 is 0. The number of rotatable bonds is 4. The predicted octanol–water partition coefficient (Wildman–Crippen LogP) is 2.12. The molecule has 1 aromatic carbocycles. The Morgan fingerprint density at radius 3 is 2.59 bits per heavy atom. The van der Waals surface area contributed by atoms with Crippen molar-refractivity contribution in [2.24, 2.45) is 0 Å². The fourth-order valence-electron chi connectivity index (χ4n) is 2.47. The second kappa shape index (κ2) is 6.43. The van der Waals surface area contributed by atoms with E-state index in [-0.39, 0.29) is 13.2 Å². The molecule has 0 saturated carbocycles. The van der Waals surface area contributed by atoms with Crippen molar-refractivity contribution >= 4 is 10.0 Å². The van der Waals surface area contributed by atoms with Crippen molar-refractivity contribution in [3.05, 3.63) is 24.3 Å². The summed E-state index contributed by atoms with van der Waals surface area (Å²) in [7, 11) is -4.18. The molecule has 5 nitrogen and oxygen atoms in total. The van der Waals surface area contributed by atoms with Gasteiger partial charge in [0, 0.05) is 12.6 Å². The first kappa shape index (κ1) is 17.0. The van der Waals surface area contributed by atoms with E-state index in [0.29, 0.717) is 12.8 Å². The molecule has 1 N–H and O–H groups in total. The fraction of sp³-hybridized carbons (Fsp3) is 0.538. The van der Waals surface area contributed by atoms with Crippen LogP contribution in [-0.2, 0) is 10.0 Å². The Balaban J connectivity index is 2.41. The SMILES string of the molecule is O=S(=O)(c1ccccc1OC(F)(F)F)N1CCCCC1CO. The van der Waals surface area contributed by atoms with Crippen LogP contribution in [0, 0.1) is 0 Å². The third-order valence-corrected chi connectivity index (χ3v) is 5.44. The van der Waals surface area contributed by atoms with Gasteiger partial charge < -0.3 is 9.84 Å². The summed E-state index contributed by atoms with van der Waals surface area (Å²) in [6.07, 6.45) is -3.15. The third-order valence-electron chi connectivity index (χ3n) is 3.45. The van der Waals surface area contributed by atoms with E-state index in [1.54, 1.807) is 0 Å². The summed E-state index contributed by atoms with van der Waals surface area (Å²) < 4.78 is 67.4. The van der Waals surface area contributed by atoms with Gasteiger partial charge in [0.2, 0.25) is 10.0 Å². The summed E-state index contributed by atoms with van der Waals surface area (Å²) in [6.45, 7) is -0.213. The van der Waals surface area contributed by atoms with Crippen molar-refractivity contribution in [2.45, 2.75) is 36.6 Å². The Hall–Kier alpha value is -1.32. The highest BCUT2D eigenvalue weighted by atomic mass is 32.2. The van der Waals surface area contributed by atoms with Gasteiger partial charge in [0.1, 0.15) is 10.6 Å². The summed E-state index contributed by atoms with van der Waals surface area (Å²) in [4.78, 5) is -0.548. The first-order valence-electron chi connectivity index (χ1n) is 6.73. The number of halogens is 3. The van der Waals surface area contributed by atoms with Crippen LogP contribution in [0.3, 0.4) is 0 Å². The summed E-state index contributed by atoms with van der Waals surface area (Å²) in [5.41, 5.74) is 0. The van der Waals surface area contributed by atoms with Crippen molar-refractivity contribution < 1.29 is 31.4 Å². The number of hydrogen-bond acceptors (Lipinski definition) is 4. The van der Waals surface area contributed by atoms with Crippen LogP contribution in [-0.4, -0.2) is 43.4 Å². The lowest BCUT2D eigenvalue weighted by atomic mass is 10.1. The number of nitrogens with zero attached hydrogens (tertiary/aromatic N) is 1. The van der Waals surface area contributed by atoms with Gasteiger partial charge in [-0.1, -0.05) is 18.6 Å². The second-order valence-electron chi connectivity index (χ2n) is 4.94. The zero-order valence-electron chi connectivity index (χ0n) is 11.6. The highest BCUT2D eigenvalue weighted by molar-refractivity contribution is 7.89. The first-order chi connectivity index (χ1) is 10.3. The van der Waals surface area contributed by atoms with Crippen LogP contribution >= 0.6 is 0 Å². The molecule has 0 spiro atoms. The van der Waals surface area contributed by atoms with E-state index in [1.165, 1.54) is 12.1 Å². The van der Waals surface area contributed by atoms with E-state index in [9.17, 15) is 26.7 Å². The molecule has 1 heterocycles. The Kier molecular flexibility index (Phi) is 4.98. The molecular weight excluding hydrogens is 323 g/mol.